The Morgan fingerprint density at radius 1 is 1.21 bits per heavy atom. The highest BCUT2D eigenvalue weighted by Crippen LogP contribution is 2.35. The molecule has 1 atom stereocenters. The van der Waals surface area contributed by atoms with Gasteiger partial charge in [0.25, 0.3) is 5.91 Å². The van der Waals surface area contributed by atoms with Crippen molar-refractivity contribution in [2.75, 3.05) is 12.3 Å². The van der Waals surface area contributed by atoms with Crippen LogP contribution < -0.4 is 11.1 Å². The zero-order valence-corrected chi connectivity index (χ0v) is 21.5. The Hall–Kier alpha value is -4.48. The molecule has 204 valence electrons. The lowest BCUT2D eigenvalue weighted by Crippen LogP contribution is -2.37. The first-order valence-electron chi connectivity index (χ1n) is 12.3. The molecule has 1 aromatic carbocycles. The molecular formula is C27H28F3N7O2. The molecule has 1 aliphatic rings. The summed E-state index contributed by atoms with van der Waals surface area (Å²) in [6.45, 7) is 6.45. The number of allylic oxidation sites excluding steroid dienone is 1. The van der Waals surface area contributed by atoms with Crippen molar-refractivity contribution in [1.29, 1.82) is 0 Å². The number of likely N-dealkylation sites (tertiary alicyclic amines) is 1. The summed E-state index contributed by atoms with van der Waals surface area (Å²) in [7, 11) is 0. The number of nitrogens with one attached hydrogen (secondary N) is 1. The van der Waals surface area contributed by atoms with Gasteiger partial charge in [-0.15, -0.1) is 0 Å². The number of imidazole rings is 1. The van der Waals surface area contributed by atoms with Crippen LogP contribution in [-0.4, -0.2) is 49.6 Å². The molecule has 3 aromatic rings. The van der Waals surface area contributed by atoms with Crippen molar-refractivity contribution in [1.82, 2.24) is 24.6 Å². The van der Waals surface area contributed by atoms with Gasteiger partial charge in [0.15, 0.2) is 0 Å². The number of nitrogens with two attached hydrogens (primary N) is 1. The van der Waals surface area contributed by atoms with Gasteiger partial charge in [0.1, 0.15) is 28.7 Å². The number of aliphatic imine (C=N–C) groups is 1. The molecule has 3 N–H and O–H groups in total. The first-order valence-corrected chi connectivity index (χ1v) is 12.3. The molecule has 0 bridgehead atoms. The minimum absolute atomic E-state index is 0.0324. The number of alkyl halides is 3. The van der Waals surface area contributed by atoms with E-state index in [0.29, 0.717) is 29.1 Å². The predicted octanol–water partition coefficient (Wildman–Crippen LogP) is 4.83. The van der Waals surface area contributed by atoms with E-state index in [2.05, 4.69) is 21.9 Å². The van der Waals surface area contributed by atoms with E-state index in [4.69, 9.17) is 10.7 Å². The molecule has 1 unspecified atom stereocenters. The van der Waals surface area contributed by atoms with E-state index in [1.54, 1.807) is 31.5 Å². The third kappa shape index (κ3) is 5.84. The summed E-state index contributed by atoms with van der Waals surface area (Å²) < 4.78 is 40.6. The number of hydrogen-bond donors (Lipinski definition) is 2. The van der Waals surface area contributed by atoms with Crippen LogP contribution in [-0.2, 0) is 4.79 Å². The van der Waals surface area contributed by atoms with Gasteiger partial charge in [0, 0.05) is 48.8 Å². The Morgan fingerprint density at radius 3 is 2.56 bits per heavy atom. The van der Waals surface area contributed by atoms with Crippen LogP contribution in [0, 0.1) is 0 Å². The number of benzene rings is 1. The molecular weight excluding hydrogens is 511 g/mol. The van der Waals surface area contributed by atoms with Crippen molar-refractivity contribution in [3.8, 4) is 11.3 Å². The van der Waals surface area contributed by atoms with Gasteiger partial charge in [-0.1, -0.05) is 18.7 Å². The number of anilines is 1. The van der Waals surface area contributed by atoms with E-state index >= 15 is 0 Å². The second kappa shape index (κ2) is 11.1. The maximum absolute atomic E-state index is 12.9. The third-order valence-electron chi connectivity index (χ3n) is 6.51. The van der Waals surface area contributed by atoms with E-state index in [1.165, 1.54) is 12.1 Å². The number of nitrogen functional groups attached to an aromatic ring is 1. The van der Waals surface area contributed by atoms with Crippen molar-refractivity contribution in [2.45, 2.75) is 45.3 Å². The standard InChI is InChI=1S/C27H28F3N7O2/c1-4-32-21(15-16(2)27(28,29)30)34-26(39)19-10-8-18(9-11-19)22-23-24(31)33-12-14-37(23)25(35-22)20-7-5-6-13-36(20)17(3)38/h4,8-12,14-15,20H,1,5-7,13H2,2-3H3,(H2,31,33)(H,32,34,39)/b16-15+. The Labute approximate surface area is 222 Å². The molecule has 12 heteroatoms. The highest BCUT2D eigenvalue weighted by Gasteiger charge is 2.32. The van der Waals surface area contributed by atoms with Crippen molar-refractivity contribution in [2.24, 2.45) is 4.99 Å². The number of amides is 2. The fraction of sp³-hybridized carbons (Fsp3) is 0.296. The zero-order valence-electron chi connectivity index (χ0n) is 21.5. The molecule has 1 saturated heterocycles. The van der Waals surface area contributed by atoms with Crippen molar-refractivity contribution in [3.05, 3.63) is 72.5 Å². The Kier molecular flexibility index (Phi) is 7.84. The summed E-state index contributed by atoms with van der Waals surface area (Å²) in [6, 6.07) is 6.16. The topological polar surface area (TPSA) is 118 Å². The number of amidine groups is 1. The summed E-state index contributed by atoms with van der Waals surface area (Å²) in [5, 5.41) is 2.37. The van der Waals surface area contributed by atoms with Crippen LogP contribution in [0.3, 0.4) is 0 Å². The summed E-state index contributed by atoms with van der Waals surface area (Å²) in [5.41, 5.74) is 7.27. The zero-order chi connectivity index (χ0) is 28.3. The molecule has 3 heterocycles. The Morgan fingerprint density at radius 2 is 1.92 bits per heavy atom. The van der Waals surface area contributed by atoms with Crippen LogP contribution in [0.2, 0.25) is 0 Å². The number of rotatable bonds is 5. The number of carbonyl (C=O) groups is 2. The van der Waals surface area contributed by atoms with Crippen molar-refractivity contribution >= 4 is 29.0 Å². The van der Waals surface area contributed by atoms with Gasteiger partial charge in [-0.05, 0) is 44.4 Å². The molecule has 39 heavy (non-hydrogen) atoms. The van der Waals surface area contributed by atoms with Crippen LogP contribution >= 0.6 is 0 Å². The second-order valence-electron chi connectivity index (χ2n) is 9.13. The predicted molar refractivity (Wildman–Crippen MR) is 142 cm³/mol. The molecule has 0 saturated carbocycles. The normalized spacial score (nSPS) is 16.8. The van der Waals surface area contributed by atoms with Gasteiger partial charge in [-0.25, -0.2) is 15.0 Å². The second-order valence-corrected chi connectivity index (χ2v) is 9.13. The van der Waals surface area contributed by atoms with Gasteiger partial charge < -0.3 is 16.0 Å². The lowest BCUT2D eigenvalue weighted by molar-refractivity contribution is -0.132. The quantitative estimate of drug-likeness (QED) is 0.356. The van der Waals surface area contributed by atoms with E-state index < -0.39 is 17.7 Å². The Bertz CT molecular complexity index is 1470. The molecule has 4 rings (SSSR count). The molecule has 2 aromatic heterocycles. The molecule has 0 radical (unpaired) electrons. The number of piperidine rings is 1. The average Bonchev–Trinajstić information content (AvgIpc) is 3.29. The first-order chi connectivity index (χ1) is 18.5. The van der Waals surface area contributed by atoms with Crippen LogP contribution in [0.25, 0.3) is 16.8 Å². The fourth-order valence-corrected chi connectivity index (χ4v) is 4.56. The molecule has 2 amide bonds. The van der Waals surface area contributed by atoms with Crippen LogP contribution in [0.15, 0.2) is 66.1 Å². The minimum atomic E-state index is -4.56. The number of hydrogen-bond acceptors (Lipinski definition) is 6. The highest BCUT2D eigenvalue weighted by molar-refractivity contribution is 6.10. The first kappa shape index (κ1) is 27.6. The van der Waals surface area contributed by atoms with Crippen LogP contribution in [0.4, 0.5) is 19.0 Å². The van der Waals surface area contributed by atoms with Gasteiger partial charge in [-0.3, -0.25) is 14.0 Å². The SMILES string of the molecule is C=C/N=C(\C=C(/C)C(F)(F)F)NC(=O)c1ccc(-c2nc(C3CCCCN3C(C)=O)n3ccnc(N)c23)cc1. The number of fused-ring (bicyclic) bond motifs is 1. The third-order valence-corrected chi connectivity index (χ3v) is 6.51. The largest absolute Gasteiger partial charge is 0.412 e. The smallest absolute Gasteiger partial charge is 0.382 e. The van der Waals surface area contributed by atoms with Gasteiger partial charge in [-0.2, -0.15) is 13.2 Å². The van der Waals surface area contributed by atoms with Crippen molar-refractivity contribution in [3.63, 3.8) is 0 Å². The maximum atomic E-state index is 12.9. The number of halogens is 3. The lowest BCUT2D eigenvalue weighted by atomic mass is 10.0. The number of aromatic nitrogens is 3. The molecule has 0 aliphatic carbocycles. The summed E-state index contributed by atoms with van der Waals surface area (Å²) in [4.78, 5) is 39.7. The minimum Gasteiger partial charge on any atom is -0.382 e. The van der Waals surface area contributed by atoms with Crippen LogP contribution in [0.5, 0.6) is 0 Å². The average molecular weight is 540 g/mol. The fourth-order valence-electron chi connectivity index (χ4n) is 4.56. The number of carbonyl (C=O) groups excluding carboxylic acids is 2. The molecule has 9 nitrogen and oxygen atoms in total. The van der Waals surface area contributed by atoms with Crippen molar-refractivity contribution < 1.29 is 22.8 Å². The summed E-state index contributed by atoms with van der Waals surface area (Å²) in [6.07, 6.45) is 3.18. The summed E-state index contributed by atoms with van der Waals surface area (Å²) in [5.74, 6) is -0.0439. The molecule has 0 spiro atoms. The van der Waals surface area contributed by atoms with Gasteiger partial charge in [0.05, 0.1) is 6.04 Å². The molecule has 1 aliphatic heterocycles. The van der Waals surface area contributed by atoms with Crippen LogP contribution in [0.1, 0.15) is 55.3 Å². The van der Waals surface area contributed by atoms with E-state index in [-0.39, 0.29) is 29.2 Å². The Balaban J connectivity index is 1.67. The summed E-state index contributed by atoms with van der Waals surface area (Å²) >= 11 is 0. The van der Waals surface area contributed by atoms with Gasteiger partial charge in [0.2, 0.25) is 5.91 Å². The lowest BCUT2D eigenvalue weighted by Gasteiger charge is -2.34. The number of nitrogens with zero attached hydrogens (tertiary/aromatic N) is 5. The maximum Gasteiger partial charge on any atom is 0.412 e. The van der Waals surface area contributed by atoms with Gasteiger partial charge >= 0.3 is 6.18 Å². The van der Waals surface area contributed by atoms with E-state index in [1.807, 2.05) is 9.30 Å². The highest BCUT2D eigenvalue weighted by atomic mass is 19.4. The van der Waals surface area contributed by atoms with E-state index in [0.717, 1.165) is 38.5 Å². The molecule has 1 fully saturated rings. The van der Waals surface area contributed by atoms with E-state index in [9.17, 15) is 22.8 Å². The monoisotopic (exact) mass is 539 g/mol.